The molecule has 2 aromatic carbocycles. The monoisotopic (exact) mass is 325 g/mol. The maximum Gasteiger partial charge on any atom is 0.142 e. The highest BCUT2D eigenvalue weighted by molar-refractivity contribution is 9.10. The van der Waals surface area contributed by atoms with Gasteiger partial charge in [0.1, 0.15) is 11.6 Å². The minimum Gasteiger partial charge on any atom is -0.318 e. The normalized spacial score (nSPS) is 14.2. The highest BCUT2D eigenvalue weighted by atomic mass is 79.9. The van der Waals surface area contributed by atoms with Crippen LogP contribution in [0.4, 0.5) is 8.78 Å². The summed E-state index contributed by atoms with van der Waals surface area (Å²) in [5.74, 6) is -0.766. The van der Waals surface area contributed by atoms with E-state index in [-0.39, 0.29) is 5.82 Å². The van der Waals surface area contributed by atoms with Gasteiger partial charge in [-0.05, 0) is 53.0 Å². The van der Waals surface area contributed by atoms with Gasteiger partial charge in [-0.25, -0.2) is 8.78 Å². The summed E-state index contributed by atoms with van der Waals surface area (Å²) in [6.45, 7) is 3.34. The second-order valence-corrected chi connectivity index (χ2v) is 5.62. The average molecular weight is 326 g/mol. The van der Waals surface area contributed by atoms with Gasteiger partial charge in [0.25, 0.3) is 0 Å². The Kier molecular flexibility index (Phi) is 3.74. The Hall–Kier alpha value is -1.26. The van der Waals surface area contributed by atoms with Crippen LogP contribution in [0.25, 0.3) is 0 Å². The predicted octanol–water partition coefficient (Wildman–Crippen LogP) is 4.26. The first-order valence-corrected chi connectivity index (χ1v) is 6.63. The molecule has 1 unspecified atom stereocenters. The van der Waals surface area contributed by atoms with Gasteiger partial charge in [0.05, 0.1) is 10.0 Å². The molecular weight excluding hydrogens is 312 g/mol. The summed E-state index contributed by atoms with van der Waals surface area (Å²) in [5, 5.41) is 0. The number of benzene rings is 2. The second-order valence-electron chi connectivity index (χ2n) is 4.77. The van der Waals surface area contributed by atoms with Gasteiger partial charge in [-0.15, -0.1) is 0 Å². The Balaban J connectivity index is 2.58. The number of aryl methyl sites for hydroxylation is 1. The molecule has 0 fully saturated rings. The molecule has 0 spiro atoms. The second kappa shape index (κ2) is 5.02. The molecule has 0 heterocycles. The lowest BCUT2D eigenvalue weighted by atomic mass is 9.85. The van der Waals surface area contributed by atoms with Crippen LogP contribution in [0, 0.1) is 18.6 Å². The van der Waals surface area contributed by atoms with E-state index in [4.69, 9.17) is 5.73 Å². The van der Waals surface area contributed by atoms with Crippen LogP contribution in [0.3, 0.4) is 0 Å². The zero-order valence-electron chi connectivity index (χ0n) is 10.7. The lowest BCUT2D eigenvalue weighted by Gasteiger charge is -2.27. The Morgan fingerprint density at radius 2 is 1.84 bits per heavy atom. The fraction of sp³-hybridized carbons (Fsp3) is 0.200. The molecule has 100 valence electrons. The van der Waals surface area contributed by atoms with E-state index in [1.165, 1.54) is 6.07 Å². The Morgan fingerprint density at radius 3 is 2.47 bits per heavy atom. The Labute approximate surface area is 119 Å². The number of halogens is 3. The highest BCUT2D eigenvalue weighted by Gasteiger charge is 2.28. The van der Waals surface area contributed by atoms with Crippen LogP contribution in [-0.2, 0) is 5.54 Å². The van der Waals surface area contributed by atoms with Crippen molar-refractivity contribution in [3.63, 3.8) is 0 Å². The quantitative estimate of drug-likeness (QED) is 0.877. The van der Waals surface area contributed by atoms with Crippen LogP contribution < -0.4 is 5.73 Å². The van der Waals surface area contributed by atoms with Gasteiger partial charge in [0.15, 0.2) is 0 Å². The third kappa shape index (κ3) is 2.55. The summed E-state index contributed by atoms with van der Waals surface area (Å²) in [4.78, 5) is 0. The standard InChI is InChI=1S/C15H14BrF2N/c1-9-6-7-10(8-13(9)17)15(2,19)11-4-3-5-12(16)14(11)18/h3-8H,19H2,1-2H3. The van der Waals surface area contributed by atoms with Crippen molar-refractivity contribution in [3.8, 4) is 0 Å². The van der Waals surface area contributed by atoms with Crippen LogP contribution in [0.15, 0.2) is 40.9 Å². The molecule has 0 saturated heterocycles. The lowest BCUT2D eigenvalue weighted by molar-refractivity contribution is 0.522. The number of hydrogen-bond donors (Lipinski definition) is 1. The minimum absolute atomic E-state index is 0.324. The molecule has 2 rings (SSSR count). The van der Waals surface area contributed by atoms with E-state index in [9.17, 15) is 8.78 Å². The average Bonchev–Trinajstić information content (AvgIpc) is 2.35. The minimum atomic E-state index is -1.09. The summed E-state index contributed by atoms with van der Waals surface area (Å²) in [7, 11) is 0. The SMILES string of the molecule is Cc1ccc(C(C)(N)c2cccc(Br)c2F)cc1F. The van der Waals surface area contributed by atoms with Gasteiger partial charge >= 0.3 is 0 Å². The zero-order valence-corrected chi connectivity index (χ0v) is 12.3. The molecule has 0 saturated carbocycles. The first kappa shape index (κ1) is 14.2. The molecule has 2 aromatic rings. The van der Waals surface area contributed by atoms with E-state index in [0.29, 0.717) is 21.2 Å². The molecule has 0 aliphatic heterocycles. The topological polar surface area (TPSA) is 26.0 Å². The smallest absolute Gasteiger partial charge is 0.142 e. The molecule has 0 aliphatic rings. The summed E-state index contributed by atoms with van der Waals surface area (Å²) >= 11 is 3.13. The molecule has 0 aliphatic carbocycles. The Morgan fingerprint density at radius 1 is 1.16 bits per heavy atom. The predicted molar refractivity (Wildman–Crippen MR) is 75.9 cm³/mol. The van der Waals surface area contributed by atoms with E-state index >= 15 is 0 Å². The number of nitrogens with two attached hydrogens (primary N) is 1. The molecule has 0 radical (unpaired) electrons. The third-order valence-corrected chi connectivity index (χ3v) is 3.90. The maximum absolute atomic E-state index is 14.1. The maximum atomic E-state index is 14.1. The van der Waals surface area contributed by atoms with Crippen molar-refractivity contribution in [2.24, 2.45) is 5.73 Å². The van der Waals surface area contributed by atoms with Crippen molar-refractivity contribution in [1.29, 1.82) is 0 Å². The van der Waals surface area contributed by atoms with Crippen LogP contribution in [0.2, 0.25) is 0 Å². The van der Waals surface area contributed by atoms with Crippen molar-refractivity contribution in [2.45, 2.75) is 19.4 Å². The third-order valence-electron chi connectivity index (χ3n) is 3.28. The van der Waals surface area contributed by atoms with Crippen LogP contribution in [0.5, 0.6) is 0 Å². The van der Waals surface area contributed by atoms with Crippen LogP contribution in [-0.4, -0.2) is 0 Å². The zero-order chi connectivity index (χ0) is 14.2. The molecule has 0 aromatic heterocycles. The van der Waals surface area contributed by atoms with E-state index in [0.717, 1.165) is 0 Å². The van der Waals surface area contributed by atoms with Gasteiger partial charge in [0, 0.05) is 5.56 Å². The highest BCUT2D eigenvalue weighted by Crippen LogP contribution is 2.32. The van der Waals surface area contributed by atoms with Crippen LogP contribution in [0.1, 0.15) is 23.6 Å². The summed E-state index contributed by atoms with van der Waals surface area (Å²) < 4.78 is 28.1. The molecule has 0 bridgehead atoms. The largest absolute Gasteiger partial charge is 0.318 e. The van der Waals surface area contributed by atoms with Gasteiger partial charge < -0.3 is 5.73 Å². The molecule has 0 amide bonds. The van der Waals surface area contributed by atoms with Gasteiger partial charge in [0.2, 0.25) is 0 Å². The molecule has 1 nitrogen and oxygen atoms in total. The summed E-state index contributed by atoms with van der Waals surface area (Å²) in [5.41, 5.74) is 6.52. The first-order valence-electron chi connectivity index (χ1n) is 5.84. The van der Waals surface area contributed by atoms with Crippen LogP contribution >= 0.6 is 15.9 Å². The van der Waals surface area contributed by atoms with Gasteiger partial charge in [-0.3, -0.25) is 0 Å². The molecular formula is C15H14BrF2N. The number of hydrogen-bond acceptors (Lipinski definition) is 1. The van der Waals surface area contributed by atoms with Crippen molar-refractivity contribution < 1.29 is 8.78 Å². The van der Waals surface area contributed by atoms with E-state index in [2.05, 4.69) is 15.9 Å². The first-order chi connectivity index (χ1) is 8.84. The molecule has 19 heavy (non-hydrogen) atoms. The Bertz CT molecular complexity index is 624. The van der Waals surface area contributed by atoms with Crippen molar-refractivity contribution >= 4 is 15.9 Å². The van der Waals surface area contributed by atoms with E-state index < -0.39 is 11.4 Å². The summed E-state index contributed by atoms with van der Waals surface area (Å²) in [6.07, 6.45) is 0. The molecule has 2 N–H and O–H groups in total. The van der Waals surface area contributed by atoms with Gasteiger partial charge in [-0.2, -0.15) is 0 Å². The van der Waals surface area contributed by atoms with Crippen molar-refractivity contribution in [1.82, 2.24) is 0 Å². The fourth-order valence-corrected chi connectivity index (χ4v) is 2.34. The molecule has 1 atom stereocenters. The van der Waals surface area contributed by atoms with Crippen molar-refractivity contribution in [3.05, 3.63) is 69.2 Å². The fourth-order valence-electron chi connectivity index (χ4n) is 1.98. The molecule has 4 heteroatoms. The van der Waals surface area contributed by atoms with E-state index in [1.807, 2.05) is 0 Å². The van der Waals surface area contributed by atoms with Gasteiger partial charge in [-0.1, -0.05) is 24.3 Å². The van der Waals surface area contributed by atoms with Crippen molar-refractivity contribution in [2.75, 3.05) is 0 Å². The number of rotatable bonds is 2. The summed E-state index contributed by atoms with van der Waals surface area (Å²) in [6, 6.07) is 9.64. The lowest BCUT2D eigenvalue weighted by Crippen LogP contribution is -2.35. The van der Waals surface area contributed by atoms with E-state index in [1.54, 1.807) is 44.2 Å².